The Bertz CT molecular complexity index is 906. The molecule has 5 rings (SSSR count). The molecule has 4 heteroatoms. The zero-order chi connectivity index (χ0) is 24.6. The molecule has 4 aliphatic rings. The van der Waals surface area contributed by atoms with Crippen LogP contribution in [0.15, 0.2) is 18.2 Å². The van der Waals surface area contributed by atoms with Crippen LogP contribution in [-0.4, -0.2) is 41.7 Å². The minimum atomic E-state index is 0.286. The van der Waals surface area contributed by atoms with Crippen LogP contribution >= 0.6 is 12.2 Å². The van der Waals surface area contributed by atoms with Crippen LogP contribution in [0.25, 0.3) is 0 Å². The van der Waals surface area contributed by atoms with Crippen molar-refractivity contribution in [2.24, 2.45) is 11.3 Å². The quantitative estimate of drug-likeness (QED) is 0.445. The standard InChI is InChI=1S/C31H49N3S/c1-22(2)23-12-14-25-24(20-23)13-15-28-30(3,16-9-17-31(25,28)4)21-32-29(35)33-26-10-5-6-11-27(26)34-18-7-8-19-34/h12,14,20,22,26-28H,5-11,13,15-19,21H2,1-4H3,(H2,32,33,35)/t26-,27-,28?,30-,31+/m0/s1. The Morgan fingerprint density at radius 2 is 1.80 bits per heavy atom. The van der Waals surface area contributed by atoms with Crippen LogP contribution < -0.4 is 10.6 Å². The van der Waals surface area contributed by atoms with Crippen molar-refractivity contribution >= 4 is 17.3 Å². The average Bonchev–Trinajstić information content (AvgIpc) is 3.38. The maximum Gasteiger partial charge on any atom is 0.166 e. The molecule has 1 saturated heterocycles. The number of fused-ring (bicyclic) bond motifs is 3. The molecule has 194 valence electrons. The van der Waals surface area contributed by atoms with Gasteiger partial charge in [-0.15, -0.1) is 0 Å². The van der Waals surface area contributed by atoms with Gasteiger partial charge in [-0.2, -0.15) is 0 Å². The summed E-state index contributed by atoms with van der Waals surface area (Å²) >= 11 is 5.92. The molecule has 5 atom stereocenters. The van der Waals surface area contributed by atoms with E-state index in [4.69, 9.17) is 12.2 Å². The predicted octanol–water partition coefficient (Wildman–Crippen LogP) is 6.69. The van der Waals surface area contributed by atoms with Gasteiger partial charge < -0.3 is 10.6 Å². The Kier molecular flexibility index (Phi) is 7.53. The van der Waals surface area contributed by atoms with Gasteiger partial charge >= 0.3 is 0 Å². The molecule has 1 aromatic carbocycles. The minimum Gasteiger partial charge on any atom is -0.362 e. The van der Waals surface area contributed by atoms with Crippen molar-refractivity contribution in [1.29, 1.82) is 0 Å². The van der Waals surface area contributed by atoms with E-state index < -0.39 is 0 Å². The summed E-state index contributed by atoms with van der Waals surface area (Å²) in [7, 11) is 0. The number of hydrogen-bond acceptors (Lipinski definition) is 2. The molecule has 1 heterocycles. The first-order chi connectivity index (χ1) is 16.8. The smallest absolute Gasteiger partial charge is 0.166 e. The van der Waals surface area contributed by atoms with Crippen LogP contribution in [0.3, 0.4) is 0 Å². The summed E-state index contributed by atoms with van der Waals surface area (Å²) in [4.78, 5) is 2.73. The first-order valence-electron chi connectivity index (χ1n) is 14.7. The second-order valence-corrected chi connectivity index (χ2v) is 13.5. The van der Waals surface area contributed by atoms with Crippen molar-refractivity contribution in [2.45, 2.75) is 122 Å². The first-order valence-corrected chi connectivity index (χ1v) is 15.1. The van der Waals surface area contributed by atoms with Gasteiger partial charge in [0.1, 0.15) is 0 Å². The van der Waals surface area contributed by atoms with Gasteiger partial charge in [-0.3, -0.25) is 4.90 Å². The molecule has 0 bridgehead atoms. The maximum atomic E-state index is 5.92. The van der Waals surface area contributed by atoms with Gasteiger partial charge in [0.15, 0.2) is 5.11 Å². The normalized spacial score (nSPS) is 35.4. The van der Waals surface area contributed by atoms with Gasteiger partial charge in [0.25, 0.3) is 0 Å². The third-order valence-corrected chi connectivity index (χ3v) is 10.7. The van der Waals surface area contributed by atoms with E-state index in [-0.39, 0.29) is 10.8 Å². The fourth-order valence-corrected chi connectivity index (χ4v) is 8.73. The monoisotopic (exact) mass is 495 g/mol. The predicted molar refractivity (Wildman–Crippen MR) is 152 cm³/mol. The van der Waals surface area contributed by atoms with Gasteiger partial charge in [-0.1, -0.05) is 65.2 Å². The summed E-state index contributed by atoms with van der Waals surface area (Å²) in [6.45, 7) is 13.3. The average molecular weight is 496 g/mol. The van der Waals surface area contributed by atoms with Gasteiger partial charge in [-0.25, -0.2) is 0 Å². The van der Waals surface area contributed by atoms with E-state index in [1.807, 2.05) is 0 Å². The molecule has 3 nitrogen and oxygen atoms in total. The van der Waals surface area contributed by atoms with Gasteiger partial charge in [-0.05, 0) is 116 Å². The first kappa shape index (κ1) is 25.5. The molecular weight excluding hydrogens is 446 g/mol. The van der Waals surface area contributed by atoms with Gasteiger partial charge in [0.2, 0.25) is 0 Å². The molecule has 0 radical (unpaired) electrons. The third kappa shape index (κ3) is 5.04. The SMILES string of the molecule is CC(C)c1ccc2c(c1)CCC1[C@](C)(CNC(=S)N[C@H]3CCCC[C@@H]3N3CCCC3)CCC[C@]21C. The van der Waals surface area contributed by atoms with E-state index in [0.717, 1.165) is 11.7 Å². The van der Waals surface area contributed by atoms with E-state index in [2.05, 4.69) is 61.4 Å². The van der Waals surface area contributed by atoms with E-state index in [1.54, 1.807) is 11.1 Å². The van der Waals surface area contributed by atoms with Crippen molar-refractivity contribution in [3.05, 3.63) is 34.9 Å². The zero-order valence-corrected chi connectivity index (χ0v) is 23.6. The molecule has 0 amide bonds. The Hall–Kier alpha value is -1.13. The van der Waals surface area contributed by atoms with Crippen molar-refractivity contribution in [3.63, 3.8) is 0 Å². The third-order valence-electron chi connectivity index (χ3n) is 10.5. The van der Waals surface area contributed by atoms with Crippen molar-refractivity contribution in [1.82, 2.24) is 15.5 Å². The number of hydrogen-bond donors (Lipinski definition) is 2. The topological polar surface area (TPSA) is 27.3 Å². The summed E-state index contributed by atoms with van der Waals surface area (Å²) in [6, 6.07) is 8.60. The van der Waals surface area contributed by atoms with Gasteiger partial charge in [0, 0.05) is 18.6 Å². The van der Waals surface area contributed by atoms with Crippen LogP contribution in [0.2, 0.25) is 0 Å². The van der Waals surface area contributed by atoms with E-state index in [0.29, 0.717) is 23.9 Å². The summed E-state index contributed by atoms with van der Waals surface area (Å²) in [6.07, 6.45) is 14.5. The van der Waals surface area contributed by atoms with Gasteiger partial charge in [0.05, 0.1) is 0 Å². The Morgan fingerprint density at radius 1 is 1.03 bits per heavy atom. The van der Waals surface area contributed by atoms with Crippen molar-refractivity contribution in [2.75, 3.05) is 19.6 Å². The molecule has 3 aliphatic carbocycles. The molecule has 2 N–H and O–H groups in total. The number of nitrogens with one attached hydrogen (secondary N) is 2. The fourth-order valence-electron chi connectivity index (χ4n) is 8.51. The summed E-state index contributed by atoms with van der Waals surface area (Å²) < 4.78 is 0. The van der Waals surface area contributed by atoms with Crippen LogP contribution in [-0.2, 0) is 11.8 Å². The summed E-state index contributed by atoms with van der Waals surface area (Å²) in [5.41, 5.74) is 5.33. The van der Waals surface area contributed by atoms with Crippen LogP contribution in [0.1, 0.15) is 115 Å². The highest BCUT2D eigenvalue weighted by atomic mass is 32.1. The lowest BCUT2D eigenvalue weighted by molar-refractivity contribution is 0.0291. The Labute approximate surface area is 220 Å². The molecule has 0 aromatic heterocycles. The van der Waals surface area contributed by atoms with Crippen molar-refractivity contribution in [3.8, 4) is 0 Å². The molecule has 1 aromatic rings. The van der Waals surface area contributed by atoms with E-state index in [9.17, 15) is 0 Å². The van der Waals surface area contributed by atoms with Crippen LogP contribution in [0, 0.1) is 11.3 Å². The lowest BCUT2D eigenvalue weighted by Gasteiger charge is -2.55. The van der Waals surface area contributed by atoms with E-state index >= 15 is 0 Å². The number of benzene rings is 1. The maximum absolute atomic E-state index is 5.92. The minimum absolute atomic E-state index is 0.286. The second-order valence-electron chi connectivity index (χ2n) is 13.1. The van der Waals surface area contributed by atoms with E-state index in [1.165, 1.54) is 89.3 Å². The number of likely N-dealkylation sites (tertiary alicyclic amines) is 1. The van der Waals surface area contributed by atoms with Crippen molar-refractivity contribution < 1.29 is 0 Å². The number of aryl methyl sites for hydroxylation is 1. The summed E-state index contributed by atoms with van der Waals surface area (Å²) in [5.74, 6) is 1.32. The molecule has 1 aliphatic heterocycles. The summed E-state index contributed by atoms with van der Waals surface area (Å²) in [5, 5.41) is 8.44. The zero-order valence-electron chi connectivity index (χ0n) is 22.8. The molecule has 0 spiro atoms. The second kappa shape index (κ2) is 10.3. The van der Waals surface area contributed by atoms with Crippen LogP contribution in [0.5, 0.6) is 0 Å². The lowest BCUT2D eigenvalue weighted by Crippen LogP contribution is -2.57. The Balaban J connectivity index is 1.25. The lowest BCUT2D eigenvalue weighted by atomic mass is 9.49. The molecule has 35 heavy (non-hydrogen) atoms. The highest BCUT2D eigenvalue weighted by molar-refractivity contribution is 7.80. The number of nitrogens with zero attached hydrogens (tertiary/aromatic N) is 1. The van der Waals surface area contributed by atoms with Crippen LogP contribution in [0.4, 0.5) is 0 Å². The highest BCUT2D eigenvalue weighted by Gasteiger charge is 2.51. The molecule has 1 unspecified atom stereocenters. The molecule has 2 saturated carbocycles. The highest BCUT2D eigenvalue weighted by Crippen LogP contribution is 2.57. The number of rotatable bonds is 5. The Morgan fingerprint density at radius 3 is 2.57 bits per heavy atom. The molecule has 3 fully saturated rings. The fraction of sp³-hybridized carbons (Fsp3) is 0.774. The molecular formula is C31H49N3S. The largest absolute Gasteiger partial charge is 0.362 e. The number of thiocarbonyl (C=S) groups is 1.